The Morgan fingerprint density at radius 2 is 2.43 bits per heavy atom. The summed E-state index contributed by atoms with van der Waals surface area (Å²) in [4.78, 5) is 14.6. The Kier molecular flexibility index (Phi) is 4.51. The van der Waals surface area contributed by atoms with E-state index in [0.717, 1.165) is 9.61 Å². The molecule has 0 spiro atoms. The highest BCUT2D eigenvalue weighted by Gasteiger charge is 1.92. The number of hydrogen-bond acceptors (Lipinski definition) is 4. The molecule has 0 saturated heterocycles. The van der Waals surface area contributed by atoms with E-state index in [1.54, 1.807) is 12.2 Å². The van der Waals surface area contributed by atoms with Gasteiger partial charge in [-0.05, 0) is 22.0 Å². The van der Waals surface area contributed by atoms with Crippen LogP contribution in [0.2, 0.25) is 0 Å². The summed E-state index contributed by atoms with van der Waals surface area (Å²) in [5.74, 6) is -0.561. The molecule has 4 nitrogen and oxygen atoms in total. The van der Waals surface area contributed by atoms with E-state index in [9.17, 15) is 4.79 Å². The number of carbonyl (C=O) groups is 1. The van der Waals surface area contributed by atoms with Gasteiger partial charge in [-0.1, -0.05) is 12.2 Å². The summed E-state index contributed by atoms with van der Waals surface area (Å²) in [5.41, 5.74) is 2.30. The molecule has 0 fully saturated rings. The molecule has 0 atom stereocenters. The molecular weight excluding hydrogens is 268 g/mol. The Balaban J connectivity index is 2.49. The highest BCUT2D eigenvalue weighted by atomic mass is 79.9. The van der Waals surface area contributed by atoms with Crippen molar-refractivity contribution in [2.75, 3.05) is 0 Å². The van der Waals surface area contributed by atoms with Crippen LogP contribution < -0.4 is 5.48 Å². The molecule has 0 aromatic carbocycles. The number of thiazole rings is 1. The van der Waals surface area contributed by atoms with Gasteiger partial charge in [-0.3, -0.25) is 10.0 Å². The number of carbonyl (C=O) groups excluding carboxylic acids is 1. The molecule has 6 heteroatoms. The van der Waals surface area contributed by atoms with Crippen LogP contribution in [-0.2, 0) is 4.79 Å². The summed E-state index contributed by atoms with van der Waals surface area (Å²) in [6.45, 7) is 0. The number of rotatable bonds is 3. The molecule has 0 saturated carbocycles. The van der Waals surface area contributed by atoms with Crippen LogP contribution in [0.15, 0.2) is 27.5 Å². The number of nitrogens with one attached hydrogen (secondary N) is 1. The van der Waals surface area contributed by atoms with Gasteiger partial charge in [-0.25, -0.2) is 10.5 Å². The molecule has 2 N–H and O–H groups in total. The maximum atomic E-state index is 10.5. The van der Waals surface area contributed by atoms with Gasteiger partial charge < -0.3 is 0 Å². The maximum absolute atomic E-state index is 10.5. The van der Waals surface area contributed by atoms with Crippen LogP contribution in [0, 0.1) is 0 Å². The van der Waals surface area contributed by atoms with Crippen molar-refractivity contribution >= 4 is 39.2 Å². The van der Waals surface area contributed by atoms with Gasteiger partial charge in [0.25, 0.3) is 5.91 Å². The zero-order valence-electron chi connectivity index (χ0n) is 6.98. The van der Waals surface area contributed by atoms with Crippen LogP contribution in [0.5, 0.6) is 0 Å². The van der Waals surface area contributed by atoms with Gasteiger partial charge in [0, 0.05) is 11.5 Å². The third-order valence-corrected chi connectivity index (χ3v) is 2.61. The Morgan fingerprint density at radius 1 is 1.64 bits per heavy atom. The van der Waals surface area contributed by atoms with Crippen molar-refractivity contribution in [2.24, 2.45) is 0 Å². The van der Waals surface area contributed by atoms with Gasteiger partial charge in [-0.15, -0.1) is 11.3 Å². The maximum Gasteiger partial charge on any atom is 0.267 e. The molecule has 0 aliphatic heterocycles. The van der Waals surface area contributed by atoms with Crippen LogP contribution in [0.1, 0.15) is 5.69 Å². The predicted octanol–water partition coefficient (Wildman–Crippen LogP) is 1.98. The Morgan fingerprint density at radius 3 is 3.00 bits per heavy atom. The Hall–Kier alpha value is -0.980. The van der Waals surface area contributed by atoms with Crippen molar-refractivity contribution in [1.29, 1.82) is 0 Å². The normalized spacial score (nSPS) is 11.3. The van der Waals surface area contributed by atoms with E-state index < -0.39 is 5.91 Å². The van der Waals surface area contributed by atoms with Gasteiger partial charge in [0.15, 0.2) is 3.92 Å². The van der Waals surface area contributed by atoms with E-state index in [0.29, 0.717) is 0 Å². The molecule has 1 aromatic heterocycles. The second-order valence-corrected chi connectivity index (χ2v) is 4.35. The van der Waals surface area contributed by atoms with E-state index >= 15 is 0 Å². The second-order valence-electron chi connectivity index (χ2n) is 2.22. The van der Waals surface area contributed by atoms with Crippen molar-refractivity contribution in [3.05, 3.63) is 33.2 Å². The molecule has 1 aromatic rings. The van der Waals surface area contributed by atoms with Gasteiger partial charge in [-0.2, -0.15) is 0 Å². The summed E-state index contributed by atoms with van der Waals surface area (Å²) >= 11 is 4.72. The molecule has 0 radical (unpaired) electrons. The molecule has 0 unspecified atom stereocenters. The minimum atomic E-state index is -0.561. The monoisotopic (exact) mass is 274 g/mol. The first-order chi connectivity index (χ1) is 6.72. The number of hydrogen-bond donors (Lipinski definition) is 2. The zero-order valence-corrected chi connectivity index (χ0v) is 9.38. The molecule has 1 amide bonds. The smallest absolute Gasteiger partial charge is 0.267 e. The average molecular weight is 275 g/mol. The fraction of sp³-hybridized carbons (Fsp3) is 0. The van der Waals surface area contributed by atoms with Crippen LogP contribution in [0.4, 0.5) is 0 Å². The molecule has 0 bridgehead atoms. The van der Waals surface area contributed by atoms with E-state index in [1.807, 2.05) is 5.38 Å². The lowest BCUT2D eigenvalue weighted by atomic mass is 10.4. The minimum Gasteiger partial charge on any atom is -0.288 e. The Labute approximate surface area is 93.1 Å². The van der Waals surface area contributed by atoms with Gasteiger partial charge >= 0.3 is 0 Å². The number of aromatic nitrogens is 1. The highest BCUT2D eigenvalue weighted by molar-refractivity contribution is 9.11. The summed E-state index contributed by atoms with van der Waals surface area (Å²) in [7, 11) is 0. The van der Waals surface area contributed by atoms with Crippen molar-refractivity contribution < 1.29 is 10.0 Å². The number of amides is 1. The first-order valence-electron chi connectivity index (χ1n) is 3.62. The lowest BCUT2D eigenvalue weighted by Crippen LogP contribution is -2.14. The number of halogens is 1. The summed E-state index contributed by atoms with van der Waals surface area (Å²) in [6, 6.07) is 0. The molecule has 74 valence electrons. The number of allylic oxidation sites excluding steroid dienone is 2. The van der Waals surface area contributed by atoms with Crippen LogP contribution in [-0.4, -0.2) is 16.1 Å². The average Bonchev–Trinajstić information content (AvgIpc) is 2.58. The summed E-state index contributed by atoms with van der Waals surface area (Å²) in [5, 5.41) is 10.0. The van der Waals surface area contributed by atoms with Crippen LogP contribution in [0.25, 0.3) is 6.08 Å². The first-order valence-corrected chi connectivity index (χ1v) is 5.29. The van der Waals surface area contributed by atoms with E-state index in [1.165, 1.54) is 29.0 Å². The molecule has 0 aliphatic carbocycles. The number of nitrogens with zero attached hydrogens (tertiary/aromatic N) is 1. The third kappa shape index (κ3) is 3.82. The summed E-state index contributed by atoms with van der Waals surface area (Å²) in [6.07, 6.45) is 6.13. The van der Waals surface area contributed by atoms with Crippen molar-refractivity contribution in [2.45, 2.75) is 0 Å². The van der Waals surface area contributed by atoms with Gasteiger partial charge in [0.1, 0.15) is 0 Å². The predicted molar refractivity (Wildman–Crippen MR) is 57.9 cm³/mol. The largest absolute Gasteiger partial charge is 0.288 e. The van der Waals surface area contributed by atoms with Crippen molar-refractivity contribution in [3.63, 3.8) is 0 Å². The fourth-order valence-corrected chi connectivity index (χ4v) is 1.67. The second kappa shape index (κ2) is 5.69. The highest BCUT2D eigenvalue weighted by Crippen LogP contribution is 2.16. The molecule has 14 heavy (non-hydrogen) atoms. The van der Waals surface area contributed by atoms with Crippen molar-refractivity contribution in [1.82, 2.24) is 10.5 Å². The summed E-state index contributed by atoms with van der Waals surface area (Å²) < 4.78 is 0.814. The van der Waals surface area contributed by atoms with Gasteiger partial charge in [0.2, 0.25) is 0 Å². The minimum absolute atomic E-state index is 0.561. The zero-order chi connectivity index (χ0) is 10.4. The van der Waals surface area contributed by atoms with Crippen molar-refractivity contribution in [3.8, 4) is 0 Å². The topological polar surface area (TPSA) is 62.2 Å². The molecule has 0 aliphatic rings. The quantitative estimate of drug-likeness (QED) is 0.384. The van der Waals surface area contributed by atoms with E-state index in [-0.39, 0.29) is 0 Å². The van der Waals surface area contributed by atoms with E-state index in [2.05, 4.69) is 20.9 Å². The molecular formula is C8H7BrN2O2S. The number of hydroxylamine groups is 1. The van der Waals surface area contributed by atoms with Gasteiger partial charge in [0.05, 0.1) is 5.69 Å². The molecule has 1 heterocycles. The van der Waals surface area contributed by atoms with E-state index in [4.69, 9.17) is 5.21 Å². The molecule has 1 rings (SSSR count). The lowest BCUT2D eigenvalue weighted by Gasteiger charge is -1.84. The SMILES string of the molecule is O=C(/C=C/C=C/c1csc(Br)n1)NO. The van der Waals surface area contributed by atoms with Crippen LogP contribution >= 0.6 is 27.3 Å². The van der Waals surface area contributed by atoms with Crippen LogP contribution in [0.3, 0.4) is 0 Å². The third-order valence-electron chi connectivity index (χ3n) is 1.23. The Bertz CT molecular complexity index is 373. The fourth-order valence-electron chi connectivity index (χ4n) is 0.674. The lowest BCUT2D eigenvalue weighted by molar-refractivity contribution is -0.124. The first kappa shape index (κ1) is 11.1. The standard InChI is InChI=1S/C8H7BrN2O2S/c9-8-10-6(5-14-8)3-1-2-4-7(12)11-13/h1-5,13H,(H,11,12)/b3-1+,4-2+.